The van der Waals surface area contributed by atoms with Crippen LogP contribution in [0.2, 0.25) is 0 Å². The van der Waals surface area contributed by atoms with E-state index >= 15 is 0 Å². The largest absolute Gasteiger partial charge is 0.305 e. The first kappa shape index (κ1) is 14.6. The van der Waals surface area contributed by atoms with Crippen LogP contribution in [0.1, 0.15) is 45.1 Å². The monoisotopic (exact) mass is 323 g/mol. The van der Waals surface area contributed by atoms with Gasteiger partial charge in [0.2, 0.25) is 0 Å². The topological polar surface area (TPSA) is 12.0 Å². The SMILES string of the molecule is CCCNC(c1cc2c(s1)CCSC2)c1sccc1C. The standard InChI is InChI=1S/C16H21NS3/c1-3-6-17-15(16-11(2)4-8-19-16)14-9-12-10-18-7-5-13(12)20-14/h4,8-9,15,17H,3,5-7,10H2,1-2H3. The molecule has 2 aromatic rings. The van der Waals surface area contributed by atoms with E-state index in [0.717, 1.165) is 6.54 Å². The zero-order valence-corrected chi connectivity index (χ0v) is 14.5. The van der Waals surface area contributed by atoms with Gasteiger partial charge in [0.25, 0.3) is 0 Å². The molecule has 0 spiro atoms. The molecule has 20 heavy (non-hydrogen) atoms. The van der Waals surface area contributed by atoms with Gasteiger partial charge in [0.1, 0.15) is 0 Å². The van der Waals surface area contributed by atoms with Crippen LogP contribution in [0.15, 0.2) is 17.5 Å². The van der Waals surface area contributed by atoms with Crippen LogP contribution in [-0.4, -0.2) is 12.3 Å². The summed E-state index contributed by atoms with van der Waals surface area (Å²) >= 11 is 5.99. The lowest BCUT2D eigenvalue weighted by Crippen LogP contribution is -2.22. The van der Waals surface area contributed by atoms with Crippen molar-refractivity contribution >= 4 is 34.4 Å². The second kappa shape index (κ2) is 6.65. The van der Waals surface area contributed by atoms with Gasteiger partial charge in [0.05, 0.1) is 6.04 Å². The summed E-state index contributed by atoms with van der Waals surface area (Å²) in [7, 11) is 0. The molecule has 1 nitrogen and oxygen atoms in total. The molecule has 1 aliphatic rings. The number of nitrogens with one attached hydrogen (secondary N) is 1. The van der Waals surface area contributed by atoms with E-state index in [1.807, 2.05) is 22.7 Å². The van der Waals surface area contributed by atoms with Gasteiger partial charge in [-0.25, -0.2) is 0 Å². The van der Waals surface area contributed by atoms with Gasteiger partial charge in [-0.15, -0.1) is 22.7 Å². The molecule has 108 valence electrons. The predicted molar refractivity (Wildman–Crippen MR) is 93.4 cm³/mol. The van der Waals surface area contributed by atoms with Gasteiger partial charge < -0.3 is 5.32 Å². The Labute approximate surface area is 133 Å². The van der Waals surface area contributed by atoms with Crippen LogP contribution < -0.4 is 5.32 Å². The molecule has 0 fully saturated rings. The van der Waals surface area contributed by atoms with E-state index in [1.165, 1.54) is 39.7 Å². The molecule has 4 heteroatoms. The quantitative estimate of drug-likeness (QED) is 0.831. The highest BCUT2D eigenvalue weighted by molar-refractivity contribution is 7.98. The summed E-state index contributed by atoms with van der Waals surface area (Å²) in [5, 5.41) is 5.97. The van der Waals surface area contributed by atoms with Crippen LogP contribution in [0.25, 0.3) is 0 Å². The lowest BCUT2D eigenvalue weighted by Gasteiger charge is -2.17. The molecule has 0 bridgehead atoms. The molecule has 0 saturated carbocycles. The third kappa shape index (κ3) is 2.98. The first-order valence-corrected chi connectivity index (χ1v) is 10.1. The molecule has 0 saturated heterocycles. The number of hydrogen-bond acceptors (Lipinski definition) is 4. The second-order valence-electron chi connectivity index (χ2n) is 5.25. The summed E-state index contributed by atoms with van der Waals surface area (Å²) in [6.07, 6.45) is 2.44. The third-order valence-electron chi connectivity index (χ3n) is 3.69. The van der Waals surface area contributed by atoms with Crippen LogP contribution in [0.3, 0.4) is 0 Å². The van der Waals surface area contributed by atoms with Crippen molar-refractivity contribution in [2.75, 3.05) is 12.3 Å². The van der Waals surface area contributed by atoms with Gasteiger partial charge >= 0.3 is 0 Å². The fraction of sp³-hybridized carbons (Fsp3) is 0.500. The summed E-state index contributed by atoms with van der Waals surface area (Å²) < 4.78 is 0. The zero-order valence-electron chi connectivity index (χ0n) is 12.1. The molecule has 0 amide bonds. The van der Waals surface area contributed by atoms with Crippen molar-refractivity contribution in [1.29, 1.82) is 0 Å². The van der Waals surface area contributed by atoms with E-state index in [0.29, 0.717) is 6.04 Å². The maximum atomic E-state index is 3.75. The van der Waals surface area contributed by atoms with Gasteiger partial charge in [-0.1, -0.05) is 6.92 Å². The number of rotatable bonds is 5. The summed E-state index contributed by atoms with van der Waals surface area (Å²) in [6.45, 7) is 5.55. The Balaban J connectivity index is 1.92. The molecule has 0 aliphatic carbocycles. The predicted octanol–water partition coefficient (Wildman–Crippen LogP) is 5.00. The zero-order chi connectivity index (χ0) is 13.9. The van der Waals surface area contributed by atoms with Crippen molar-refractivity contribution in [3.05, 3.63) is 43.3 Å². The minimum Gasteiger partial charge on any atom is -0.305 e. The average Bonchev–Trinajstić information content (AvgIpc) is 3.06. The Morgan fingerprint density at radius 2 is 2.30 bits per heavy atom. The van der Waals surface area contributed by atoms with E-state index in [9.17, 15) is 0 Å². The molecular weight excluding hydrogens is 302 g/mol. The van der Waals surface area contributed by atoms with Crippen molar-refractivity contribution in [3.63, 3.8) is 0 Å². The van der Waals surface area contributed by atoms with E-state index in [4.69, 9.17) is 0 Å². The normalized spacial score (nSPS) is 16.1. The first-order chi connectivity index (χ1) is 9.79. The van der Waals surface area contributed by atoms with Gasteiger partial charge in [-0.05, 0) is 60.7 Å². The van der Waals surface area contributed by atoms with Crippen LogP contribution in [-0.2, 0) is 12.2 Å². The van der Waals surface area contributed by atoms with Gasteiger partial charge in [-0.2, -0.15) is 11.8 Å². The summed E-state index contributed by atoms with van der Waals surface area (Å²) in [6, 6.07) is 5.10. The lowest BCUT2D eigenvalue weighted by molar-refractivity contribution is 0.611. The number of hydrogen-bond donors (Lipinski definition) is 1. The molecule has 3 rings (SSSR count). The Morgan fingerprint density at radius 1 is 1.40 bits per heavy atom. The molecule has 1 aliphatic heterocycles. The minimum absolute atomic E-state index is 0.399. The molecule has 1 N–H and O–H groups in total. The third-order valence-corrected chi connectivity index (χ3v) is 7.09. The van der Waals surface area contributed by atoms with E-state index < -0.39 is 0 Å². The number of thioether (sulfide) groups is 1. The maximum absolute atomic E-state index is 3.75. The first-order valence-electron chi connectivity index (χ1n) is 7.26. The molecule has 1 unspecified atom stereocenters. The molecular formula is C16H21NS3. The summed E-state index contributed by atoms with van der Waals surface area (Å²) in [4.78, 5) is 4.62. The average molecular weight is 324 g/mol. The smallest absolute Gasteiger partial charge is 0.0767 e. The van der Waals surface area contributed by atoms with Gasteiger partial charge in [-0.3, -0.25) is 0 Å². The summed E-state index contributed by atoms with van der Waals surface area (Å²) in [5.41, 5.74) is 3.00. The molecule has 0 radical (unpaired) electrons. The summed E-state index contributed by atoms with van der Waals surface area (Å²) in [5.74, 6) is 2.49. The number of fused-ring (bicyclic) bond motifs is 1. The fourth-order valence-corrected chi connectivity index (χ4v) is 6.16. The highest BCUT2D eigenvalue weighted by Gasteiger charge is 2.22. The Morgan fingerprint density at radius 3 is 3.00 bits per heavy atom. The van der Waals surface area contributed by atoms with Crippen molar-refractivity contribution < 1.29 is 0 Å². The highest BCUT2D eigenvalue weighted by atomic mass is 32.2. The van der Waals surface area contributed by atoms with E-state index in [2.05, 4.69) is 48.4 Å². The van der Waals surface area contributed by atoms with E-state index in [1.54, 1.807) is 10.4 Å². The van der Waals surface area contributed by atoms with Gasteiger partial charge in [0, 0.05) is 20.4 Å². The molecule has 2 aromatic heterocycles. The second-order valence-corrected chi connectivity index (χ2v) is 8.48. The number of aryl methyl sites for hydroxylation is 2. The fourth-order valence-electron chi connectivity index (χ4n) is 2.60. The molecule has 0 aromatic carbocycles. The maximum Gasteiger partial charge on any atom is 0.0767 e. The van der Waals surface area contributed by atoms with Crippen LogP contribution in [0, 0.1) is 6.92 Å². The molecule has 1 atom stereocenters. The Kier molecular flexibility index (Phi) is 4.87. The van der Waals surface area contributed by atoms with E-state index in [-0.39, 0.29) is 0 Å². The van der Waals surface area contributed by atoms with Crippen LogP contribution in [0.5, 0.6) is 0 Å². The van der Waals surface area contributed by atoms with Crippen molar-refractivity contribution in [2.24, 2.45) is 0 Å². The number of thiophene rings is 2. The highest BCUT2D eigenvalue weighted by Crippen LogP contribution is 2.38. The Bertz CT molecular complexity index is 547. The van der Waals surface area contributed by atoms with Crippen LogP contribution >= 0.6 is 34.4 Å². The minimum atomic E-state index is 0.399. The van der Waals surface area contributed by atoms with Gasteiger partial charge in [0.15, 0.2) is 0 Å². The van der Waals surface area contributed by atoms with Crippen LogP contribution in [0.4, 0.5) is 0 Å². The van der Waals surface area contributed by atoms with Crippen molar-refractivity contribution in [3.8, 4) is 0 Å². The Hall–Kier alpha value is -0.290. The van der Waals surface area contributed by atoms with Crippen molar-refractivity contribution in [1.82, 2.24) is 5.32 Å². The molecule has 3 heterocycles. The lowest BCUT2D eigenvalue weighted by atomic mass is 10.1. The van der Waals surface area contributed by atoms with Crippen molar-refractivity contribution in [2.45, 2.75) is 38.5 Å².